The number of fused-ring (bicyclic) bond motifs is 1. The van der Waals surface area contributed by atoms with E-state index >= 15 is 0 Å². The van der Waals surface area contributed by atoms with Gasteiger partial charge in [0, 0.05) is 11.6 Å². The molecule has 0 aliphatic rings. The normalized spacial score (nSPS) is 12.3. The summed E-state index contributed by atoms with van der Waals surface area (Å²) < 4.78 is 68.3. The van der Waals surface area contributed by atoms with Crippen molar-refractivity contribution in [1.29, 1.82) is 0 Å². The number of sulfonamides is 2. The van der Waals surface area contributed by atoms with E-state index in [1.807, 2.05) is 0 Å². The predicted octanol–water partition coefficient (Wildman–Crippen LogP) is 3.95. The number of nitrogens with zero attached hydrogens (tertiary/aromatic N) is 2. The highest BCUT2D eigenvalue weighted by Gasteiger charge is 2.37. The largest absolute Gasteiger partial charge is 0.256 e. The van der Waals surface area contributed by atoms with E-state index in [9.17, 15) is 21.2 Å². The summed E-state index contributed by atoms with van der Waals surface area (Å²) in [7, 11) is -8.92. The average molecular weight is 457 g/mol. The molecule has 0 aliphatic heterocycles. The van der Waals surface area contributed by atoms with Crippen LogP contribution >= 0.6 is 0 Å². The molecule has 0 unspecified atom stereocenters. The van der Waals surface area contributed by atoms with Gasteiger partial charge in [0.1, 0.15) is 5.82 Å². The van der Waals surface area contributed by atoms with Gasteiger partial charge >= 0.3 is 0 Å². The summed E-state index contributed by atoms with van der Waals surface area (Å²) >= 11 is 0. The van der Waals surface area contributed by atoms with Gasteiger partial charge in [-0.25, -0.2) is 21.2 Å². The van der Waals surface area contributed by atoms with Crippen molar-refractivity contribution in [2.24, 2.45) is 0 Å². The predicted molar refractivity (Wildman–Crippen MR) is 114 cm³/mol. The average Bonchev–Trinajstić information content (AvgIpc) is 2.80. The van der Waals surface area contributed by atoms with Crippen LogP contribution in [0.1, 0.15) is 5.56 Å². The Morgan fingerprint density at radius 3 is 1.81 bits per heavy atom. The third-order valence-electron chi connectivity index (χ3n) is 4.72. The summed E-state index contributed by atoms with van der Waals surface area (Å²) in [5, 5.41) is 0.175. The van der Waals surface area contributed by atoms with Gasteiger partial charge in [-0.1, -0.05) is 46.2 Å². The minimum Gasteiger partial charge on any atom is -0.256 e. The van der Waals surface area contributed by atoms with E-state index in [2.05, 4.69) is 4.98 Å². The van der Waals surface area contributed by atoms with Crippen molar-refractivity contribution in [2.75, 3.05) is 0 Å². The highest BCUT2D eigenvalue weighted by Crippen LogP contribution is 2.29. The molecule has 4 rings (SSSR count). The molecule has 0 bridgehead atoms. The molecule has 0 spiro atoms. The van der Waals surface area contributed by atoms with Gasteiger partial charge in [-0.2, -0.15) is 0 Å². The molecule has 0 radical (unpaired) electrons. The third kappa shape index (κ3) is 3.95. The summed E-state index contributed by atoms with van der Waals surface area (Å²) in [6.45, 7) is -0.539. The first-order chi connectivity index (χ1) is 14.8. The van der Waals surface area contributed by atoms with Crippen LogP contribution in [-0.2, 0) is 26.6 Å². The summed E-state index contributed by atoms with van der Waals surface area (Å²) in [4.78, 5) is 3.80. The maximum absolute atomic E-state index is 14.2. The molecule has 6 nitrogen and oxygen atoms in total. The van der Waals surface area contributed by atoms with E-state index in [0.29, 0.717) is 3.71 Å². The van der Waals surface area contributed by atoms with Crippen LogP contribution in [0.15, 0.2) is 101 Å². The second-order valence-corrected chi connectivity index (χ2v) is 10.6. The summed E-state index contributed by atoms with van der Waals surface area (Å²) in [5.41, 5.74) is 0.454. The lowest BCUT2D eigenvalue weighted by Gasteiger charge is -2.22. The molecule has 4 aromatic rings. The maximum atomic E-state index is 14.2. The van der Waals surface area contributed by atoms with Crippen LogP contribution < -0.4 is 0 Å². The highest BCUT2D eigenvalue weighted by atomic mass is 32.3. The lowest BCUT2D eigenvalue weighted by Crippen LogP contribution is -2.36. The minimum absolute atomic E-state index is 0.172. The Balaban J connectivity index is 1.92. The molecular weight excluding hydrogens is 439 g/mol. The lowest BCUT2D eigenvalue weighted by atomic mass is 10.1. The Labute approximate surface area is 179 Å². The van der Waals surface area contributed by atoms with Gasteiger partial charge < -0.3 is 0 Å². The molecule has 1 aromatic heterocycles. The zero-order valence-corrected chi connectivity index (χ0v) is 17.7. The zero-order chi connectivity index (χ0) is 22.1. The molecule has 31 heavy (non-hydrogen) atoms. The number of hydrogen-bond acceptors (Lipinski definition) is 5. The van der Waals surface area contributed by atoms with Crippen LogP contribution in [0.3, 0.4) is 0 Å². The van der Waals surface area contributed by atoms with Crippen LogP contribution in [0, 0.1) is 5.82 Å². The van der Waals surface area contributed by atoms with Gasteiger partial charge in [0.25, 0.3) is 20.0 Å². The molecule has 0 fully saturated rings. The number of pyridine rings is 1. The van der Waals surface area contributed by atoms with Gasteiger partial charge in [0.15, 0.2) is 0 Å². The van der Waals surface area contributed by atoms with E-state index < -0.39 is 32.4 Å². The van der Waals surface area contributed by atoms with Crippen molar-refractivity contribution in [3.05, 3.63) is 103 Å². The van der Waals surface area contributed by atoms with Crippen molar-refractivity contribution in [3.63, 3.8) is 0 Å². The first kappa shape index (κ1) is 21.1. The van der Waals surface area contributed by atoms with Crippen molar-refractivity contribution >= 4 is 30.9 Å². The number of benzene rings is 3. The fourth-order valence-electron chi connectivity index (χ4n) is 3.18. The third-order valence-corrected chi connectivity index (χ3v) is 8.96. The van der Waals surface area contributed by atoms with Crippen LogP contribution in [0.2, 0.25) is 0 Å². The molecular formula is C22H17FN2O4S2. The Hall–Kier alpha value is -3.14. The molecule has 0 saturated heterocycles. The lowest BCUT2D eigenvalue weighted by molar-refractivity contribution is 0.495. The summed E-state index contributed by atoms with van der Waals surface area (Å²) in [6.07, 6.45) is 1.44. The van der Waals surface area contributed by atoms with Gasteiger partial charge in [0.05, 0.1) is 21.9 Å². The van der Waals surface area contributed by atoms with Crippen molar-refractivity contribution in [2.45, 2.75) is 16.3 Å². The summed E-state index contributed by atoms with van der Waals surface area (Å²) in [6, 6.07) is 20.2. The first-order valence-electron chi connectivity index (χ1n) is 9.22. The topological polar surface area (TPSA) is 84.4 Å². The SMILES string of the molecule is O=S(=O)(c1ccccc1)N(Cc1ccc(F)c2cccnc12)S(=O)(=O)c1ccccc1. The number of rotatable bonds is 6. The molecule has 0 aliphatic carbocycles. The molecule has 0 amide bonds. The first-order valence-corrected chi connectivity index (χ1v) is 12.1. The van der Waals surface area contributed by atoms with Crippen molar-refractivity contribution in [3.8, 4) is 0 Å². The second-order valence-electron chi connectivity index (χ2n) is 6.67. The number of aromatic nitrogens is 1. The van der Waals surface area contributed by atoms with Gasteiger partial charge in [-0.05, 0) is 48.0 Å². The zero-order valence-electron chi connectivity index (χ0n) is 16.1. The van der Waals surface area contributed by atoms with Crippen LogP contribution in [0.25, 0.3) is 10.9 Å². The van der Waals surface area contributed by atoms with E-state index in [1.165, 1.54) is 72.9 Å². The Morgan fingerprint density at radius 2 is 1.26 bits per heavy atom. The van der Waals surface area contributed by atoms with E-state index in [-0.39, 0.29) is 26.3 Å². The van der Waals surface area contributed by atoms with Crippen LogP contribution in [0.5, 0.6) is 0 Å². The minimum atomic E-state index is -4.46. The van der Waals surface area contributed by atoms with Crippen molar-refractivity contribution < 1.29 is 21.2 Å². The van der Waals surface area contributed by atoms with Gasteiger partial charge in [-0.3, -0.25) is 4.98 Å². The molecule has 1 heterocycles. The Kier molecular flexibility index (Phi) is 5.57. The van der Waals surface area contributed by atoms with E-state index in [1.54, 1.807) is 18.2 Å². The maximum Gasteiger partial charge on any atom is 0.256 e. The molecule has 0 atom stereocenters. The van der Waals surface area contributed by atoms with Crippen LogP contribution in [-0.4, -0.2) is 25.5 Å². The fourth-order valence-corrected chi connectivity index (χ4v) is 6.82. The molecule has 3 aromatic carbocycles. The second kappa shape index (κ2) is 8.18. The quantitative estimate of drug-likeness (QED) is 0.439. The number of halogens is 1. The standard InChI is InChI=1S/C22H17FN2O4S2/c23-21-14-13-17(22-20(21)12-7-15-24-22)16-25(30(26,27)18-8-3-1-4-9-18)31(28,29)19-10-5-2-6-11-19/h1-15H,16H2. The smallest absolute Gasteiger partial charge is 0.256 e. The molecule has 0 saturated carbocycles. The van der Waals surface area contributed by atoms with Gasteiger partial charge in [0.2, 0.25) is 0 Å². The van der Waals surface area contributed by atoms with E-state index in [4.69, 9.17) is 0 Å². The molecule has 0 N–H and O–H groups in total. The van der Waals surface area contributed by atoms with Gasteiger partial charge in [-0.15, -0.1) is 0 Å². The van der Waals surface area contributed by atoms with E-state index in [0.717, 1.165) is 0 Å². The number of hydrogen-bond donors (Lipinski definition) is 0. The Bertz CT molecular complexity index is 1370. The van der Waals surface area contributed by atoms with Crippen LogP contribution in [0.4, 0.5) is 4.39 Å². The monoisotopic (exact) mass is 456 g/mol. The fraction of sp³-hybridized carbons (Fsp3) is 0.0455. The Morgan fingerprint density at radius 1 is 0.710 bits per heavy atom. The van der Waals surface area contributed by atoms with Crippen molar-refractivity contribution in [1.82, 2.24) is 8.69 Å². The molecule has 158 valence electrons. The molecule has 9 heteroatoms. The summed E-state index contributed by atoms with van der Waals surface area (Å²) in [5.74, 6) is -0.532. The highest BCUT2D eigenvalue weighted by molar-refractivity contribution is 8.04.